The monoisotopic (exact) mass is 434 g/mol. The number of benzene rings is 1. The molecule has 0 saturated carbocycles. The van der Waals surface area contributed by atoms with Crippen LogP contribution >= 0.6 is 38.5 Å². The molecular weight excluding hydrogens is 419 g/mol. The molecule has 1 N–H and O–H groups in total. The number of oxazole rings is 1. The number of nitrogens with zero attached hydrogens (tertiary/aromatic N) is 1. The van der Waals surface area contributed by atoms with E-state index in [0.29, 0.717) is 5.92 Å². The van der Waals surface area contributed by atoms with Gasteiger partial charge in [-0.1, -0.05) is 29.8 Å². The van der Waals surface area contributed by atoms with E-state index in [1.54, 1.807) is 0 Å². The molecule has 1 aromatic heterocycles. The van der Waals surface area contributed by atoms with Crippen molar-refractivity contribution in [2.45, 2.75) is 20.4 Å². The summed E-state index contributed by atoms with van der Waals surface area (Å²) in [5.74, 6) is 1.48. The van der Waals surface area contributed by atoms with Gasteiger partial charge in [-0.15, -0.1) is 0 Å². The van der Waals surface area contributed by atoms with Crippen LogP contribution < -0.4 is 5.32 Å². The van der Waals surface area contributed by atoms with Gasteiger partial charge < -0.3 is 9.73 Å². The van der Waals surface area contributed by atoms with Crippen LogP contribution in [0.4, 0.5) is 0 Å². The lowest BCUT2D eigenvalue weighted by Gasteiger charge is -2.07. The van der Waals surface area contributed by atoms with Gasteiger partial charge in [0.2, 0.25) is 0 Å². The van der Waals surface area contributed by atoms with Crippen molar-refractivity contribution in [2.24, 2.45) is 5.92 Å². The van der Waals surface area contributed by atoms with E-state index >= 15 is 0 Å². The molecule has 0 saturated heterocycles. The second-order valence-electron chi connectivity index (χ2n) is 4.78. The zero-order chi connectivity index (χ0) is 13.8. The van der Waals surface area contributed by atoms with Crippen LogP contribution in [0.5, 0.6) is 0 Å². The zero-order valence-electron chi connectivity index (χ0n) is 10.9. The molecular formula is C14H16BrIN2O. The molecule has 0 aliphatic heterocycles. The predicted molar refractivity (Wildman–Crippen MR) is 88.9 cm³/mol. The molecule has 1 heterocycles. The van der Waals surface area contributed by atoms with Crippen LogP contribution in [-0.2, 0) is 6.54 Å². The first-order chi connectivity index (χ1) is 9.08. The minimum Gasteiger partial charge on any atom is -0.443 e. The molecule has 5 heteroatoms. The minimum atomic E-state index is 0.626. The highest BCUT2D eigenvalue weighted by molar-refractivity contribution is 14.1. The molecule has 102 valence electrons. The lowest BCUT2D eigenvalue weighted by atomic mass is 10.1. The smallest absolute Gasteiger partial charge is 0.181 e. The number of nitrogens with one attached hydrogen (secondary N) is 1. The minimum absolute atomic E-state index is 0.626. The quantitative estimate of drug-likeness (QED) is 0.706. The number of aromatic nitrogens is 1. The Labute approximate surface area is 135 Å². The van der Waals surface area contributed by atoms with Crippen LogP contribution in [0.1, 0.15) is 19.5 Å². The fourth-order valence-electron chi connectivity index (χ4n) is 1.76. The first-order valence-corrected chi connectivity index (χ1v) is 8.03. The summed E-state index contributed by atoms with van der Waals surface area (Å²) in [6.45, 7) is 6.08. The van der Waals surface area contributed by atoms with Crippen LogP contribution in [-0.4, -0.2) is 11.5 Å². The van der Waals surface area contributed by atoms with Crippen LogP contribution in [0.2, 0.25) is 0 Å². The molecule has 0 fully saturated rings. The van der Waals surface area contributed by atoms with Crippen molar-refractivity contribution in [3.8, 4) is 11.3 Å². The normalized spacial score (nSPS) is 11.2. The number of halogens is 2. The van der Waals surface area contributed by atoms with Crippen LogP contribution in [0.25, 0.3) is 11.3 Å². The molecule has 0 bridgehead atoms. The molecule has 1 aromatic carbocycles. The summed E-state index contributed by atoms with van der Waals surface area (Å²) in [5, 5.41) is 3.39. The summed E-state index contributed by atoms with van der Waals surface area (Å²) < 4.78 is 7.76. The molecule has 0 aliphatic rings. The SMILES string of the molecule is CC(C)CNCc1ncoc1-c1cc(Br)ccc1I. The van der Waals surface area contributed by atoms with Crippen LogP contribution in [0.15, 0.2) is 33.5 Å². The molecule has 0 unspecified atom stereocenters. The standard InChI is InChI=1S/C14H16BrIN2O/c1-9(2)6-17-7-13-14(19-8-18-13)11-5-10(15)3-4-12(11)16/h3-5,8-9,17H,6-7H2,1-2H3. The highest BCUT2D eigenvalue weighted by Crippen LogP contribution is 2.30. The van der Waals surface area contributed by atoms with Gasteiger partial charge in [0, 0.05) is 20.2 Å². The maximum atomic E-state index is 5.57. The summed E-state index contributed by atoms with van der Waals surface area (Å²) in [4.78, 5) is 4.31. The van der Waals surface area contributed by atoms with Crippen molar-refractivity contribution in [2.75, 3.05) is 6.54 Å². The average molecular weight is 435 g/mol. The Morgan fingerprint density at radius 2 is 2.21 bits per heavy atom. The van der Waals surface area contributed by atoms with E-state index < -0.39 is 0 Å². The topological polar surface area (TPSA) is 38.1 Å². The van der Waals surface area contributed by atoms with Gasteiger partial charge in [-0.25, -0.2) is 4.98 Å². The summed E-state index contributed by atoms with van der Waals surface area (Å²) >= 11 is 5.81. The largest absolute Gasteiger partial charge is 0.443 e. The van der Waals surface area contributed by atoms with Crippen LogP contribution in [0.3, 0.4) is 0 Å². The van der Waals surface area contributed by atoms with Crippen molar-refractivity contribution >= 4 is 38.5 Å². The molecule has 2 rings (SSSR count). The van der Waals surface area contributed by atoms with Gasteiger partial charge in [0.1, 0.15) is 5.69 Å². The van der Waals surface area contributed by atoms with Gasteiger partial charge in [-0.2, -0.15) is 0 Å². The third-order valence-corrected chi connectivity index (χ3v) is 4.09. The highest BCUT2D eigenvalue weighted by Gasteiger charge is 2.14. The van der Waals surface area contributed by atoms with E-state index in [4.69, 9.17) is 4.42 Å². The maximum absolute atomic E-state index is 5.57. The summed E-state index contributed by atoms with van der Waals surface area (Å²) in [6.07, 6.45) is 1.51. The van der Waals surface area contributed by atoms with Gasteiger partial charge in [-0.3, -0.25) is 0 Å². The Balaban J connectivity index is 2.21. The van der Waals surface area contributed by atoms with E-state index in [2.05, 4.69) is 74.8 Å². The second kappa shape index (κ2) is 6.85. The number of hydrogen-bond acceptors (Lipinski definition) is 3. The predicted octanol–water partition coefficient (Wildman–Crippen LogP) is 4.45. The van der Waals surface area contributed by atoms with Gasteiger partial charge in [0.05, 0.1) is 0 Å². The van der Waals surface area contributed by atoms with Gasteiger partial charge >= 0.3 is 0 Å². The van der Waals surface area contributed by atoms with Crippen molar-refractivity contribution < 1.29 is 4.42 Å². The number of rotatable bonds is 5. The zero-order valence-corrected chi connectivity index (χ0v) is 14.7. The highest BCUT2D eigenvalue weighted by atomic mass is 127. The van der Waals surface area contributed by atoms with E-state index in [-0.39, 0.29) is 0 Å². The fraction of sp³-hybridized carbons (Fsp3) is 0.357. The lowest BCUT2D eigenvalue weighted by Crippen LogP contribution is -2.19. The van der Waals surface area contributed by atoms with Crippen LogP contribution in [0, 0.1) is 9.49 Å². The Bertz CT molecular complexity index is 554. The summed E-state index contributed by atoms with van der Waals surface area (Å²) in [7, 11) is 0. The van der Waals surface area contributed by atoms with Gasteiger partial charge in [0.25, 0.3) is 0 Å². The lowest BCUT2D eigenvalue weighted by molar-refractivity contribution is 0.545. The Morgan fingerprint density at radius 3 is 2.95 bits per heavy atom. The molecule has 0 aliphatic carbocycles. The third-order valence-electron chi connectivity index (χ3n) is 2.66. The third kappa shape index (κ3) is 4.03. The molecule has 0 amide bonds. The molecule has 19 heavy (non-hydrogen) atoms. The first kappa shape index (κ1) is 15.0. The average Bonchev–Trinajstić information content (AvgIpc) is 2.80. The van der Waals surface area contributed by atoms with E-state index in [9.17, 15) is 0 Å². The van der Waals surface area contributed by atoms with E-state index in [1.807, 2.05) is 6.07 Å². The van der Waals surface area contributed by atoms with Gasteiger partial charge in [-0.05, 0) is 53.3 Å². The van der Waals surface area contributed by atoms with Crippen molar-refractivity contribution in [3.05, 3.63) is 38.3 Å². The summed E-state index contributed by atoms with van der Waals surface area (Å²) in [5.41, 5.74) is 2.03. The van der Waals surface area contributed by atoms with Gasteiger partial charge in [0.15, 0.2) is 12.2 Å². The second-order valence-corrected chi connectivity index (χ2v) is 6.85. The first-order valence-electron chi connectivity index (χ1n) is 6.16. The molecule has 3 nitrogen and oxygen atoms in total. The fourth-order valence-corrected chi connectivity index (χ4v) is 2.71. The Morgan fingerprint density at radius 1 is 1.42 bits per heavy atom. The van der Waals surface area contributed by atoms with E-state index in [1.165, 1.54) is 6.39 Å². The maximum Gasteiger partial charge on any atom is 0.181 e. The Kier molecular flexibility index (Phi) is 5.41. The number of hydrogen-bond donors (Lipinski definition) is 1. The molecule has 2 aromatic rings. The molecule has 0 spiro atoms. The van der Waals surface area contributed by atoms with Crippen molar-refractivity contribution in [1.82, 2.24) is 10.3 Å². The Hall–Kier alpha value is -0.400. The molecule has 0 atom stereocenters. The summed E-state index contributed by atoms with van der Waals surface area (Å²) in [6, 6.07) is 6.15. The van der Waals surface area contributed by atoms with Crippen molar-refractivity contribution in [3.63, 3.8) is 0 Å². The van der Waals surface area contributed by atoms with Crippen molar-refractivity contribution in [1.29, 1.82) is 0 Å². The molecule has 0 radical (unpaired) electrons. The van der Waals surface area contributed by atoms with E-state index in [0.717, 1.165) is 38.2 Å².